The fourth-order valence-electron chi connectivity index (χ4n) is 4.16. The molecule has 0 radical (unpaired) electrons. The zero-order chi connectivity index (χ0) is 26.7. The number of fused-ring (bicyclic) bond motifs is 1. The summed E-state index contributed by atoms with van der Waals surface area (Å²) in [5, 5.41) is 9.21. The Balaban J connectivity index is 1.74. The fraction of sp³-hybridized carbons (Fsp3) is 0.267. The van der Waals surface area contributed by atoms with Crippen molar-refractivity contribution >= 4 is 34.5 Å². The molecule has 1 aliphatic heterocycles. The quantitative estimate of drug-likeness (QED) is 0.376. The zero-order valence-corrected chi connectivity index (χ0v) is 21.9. The average molecular weight is 501 g/mol. The minimum absolute atomic E-state index is 0.0430. The van der Waals surface area contributed by atoms with E-state index in [2.05, 4.69) is 20.9 Å². The molecular weight excluding hydrogens is 467 g/mol. The van der Waals surface area contributed by atoms with E-state index in [1.54, 1.807) is 6.07 Å². The molecule has 0 bridgehead atoms. The van der Waals surface area contributed by atoms with Gasteiger partial charge in [-0.1, -0.05) is 51.1 Å². The number of hydrogen-bond acceptors (Lipinski definition) is 4. The first-order chi connectivity index (χ1) is 17.5. The van der Waals surface area contributed by atoms with Gasteiger partial charge in [-0.15, -0.1) is 0 Å². The highest BCUT2D eigenvalue weighted by atomic mass is 19.1. The molecule has 1 aliphatic rings. The van der Waals surface area contributed by atoms with E-state index in [-0.39, 0.29) is 11.8 Å². The highest BCUT2D eigenvalue weighted by molar-refractivity contribution is 6.37. The molecule has 3 aromatic carbocycles. The van der Waals surface area contributed by atoms with Gasteiger partial charge in [0, 0.05) is 29.8 Å². The van der Waals surface area contributed by atoms with Gasteiger partial charge in [-0.25, -0.2) is 4.39 Å². The van der Waals surface area contributed by atoms with E-state index in [9.17, 15) is 14.0 Å². The summed E-state index contributed by atoms with van der Waals surface area (Å²) in [5.41, 5.74) is 5.28. The third kappa shape index (κ3) is 6.24. The highest BCUT2D eigenvalue weighted by Crippen LogP contribution is 2.38. The highest BCUT2D eigenvalue weighted by Gasteiger charge is 2.29. The molecule has 192 valence electrons. The predicted octanol–water partition coefficient (Wildman–Crippen LogP) is 5.48. The molecule has 3 aromatic rings. The van der Waals surface area contributed by atoms with Crippen molar-refractivity contribution in [2.75, 3.05) is 24.7 Å². The van der Waals surface area contributed by atoms with Crippen LogP contribution in [0.4, 0.5) is 15.8 Å². The molecule has 0 saturated heterocycles. The van der Waals surface area contributed by atoms with E-state index in [0.29, 0.717) is 29.1 Å². The lowest BCUT2D eigenvalue weighted by Gasteiger charge is -2.19. The van der Waals surface area contributed by atoms with E-state index in [4.69, 9.17) is 0 Å². The summed E-state index contributed by atoms with van der Waals surface area (Å²) in [5.74, 6) is -0.764. The third-order valence-electron chi connectivity index (χ3n) is 6.05. The van der Waals surface area contributed by atoms with Gasteiger partial charge >= 0.3 is 0 Å². The van der Waals surface area contributed by atoms with Gasteiger partial charge in [0.15, 0.2) is 0 Å². The zero-order valence-electron chi connectivity index (χ0n) is 21.9. The van der Waals surface area contributed by atoms with Crippen LogP contribution in [0.2, 0.25) is 0 Å². The van der Waals surface area contributed by atoms with Crippen LogP contribution in [0.3, 0.4) is 0 Å². The lowest BCUT2D eigenvalue weighted by Crippen LogP contribution is -2.34. The molecule has 2 amide bonds. The molecule has 0 spiro atoms. The fourth-order valence-corrected chi connectivity index (χ4v) is 4.16. The van der Waals surface area contributed by atoms with Gasteiger partial charge in [-0.2, -0.15) is 0 Å². The SMILES string of the molecule is CN(C)Cc1ccc(N/C(=C2\C(=O)Nc3cc(F)ccc32)c2cccc(CNC(=O)C(C)(C)C)c2)cc1. The van der Waals surface area contributed by atoms with Crippen molar-refractivity contribution in [3.05, 3.63) is 94.8 Å². The Kier molecular flexibility index (Phi) is 7.45. The molecule has 0 saturated carbocycles. The van der Waals surface area contributed by atoms with Crippen molar-refractivity contribution in [3.8, 4) is 0 Å². The molecule has 0 fully saturated rings. The summed E-state index contributed by atoms with van der Waals surface area (Å²) in [6.45, 7) is 6.79. The van der Waals surface area contributed by atoms with E-state index in [1.165, 1.54) is 17.7 Å². The number of nitrogens with zero attached hydrogens (tertiary/aromatic N) is 1. The number of hydrogen-bond donors (Lipinski definition) is 3. The summed E-state index contributed by atoms with van der Waals surface area (Å²) in [6.07, 6.45) is 0. The second kappa shape index (κ2) is 10.6. The Labute approximate surface area is 217 Å². The van der Waals surface area contributed by atoms with Crippen LogP contribution in [0, 0.1) is 11.2 Å². The van der Waals surface area contributed by atoms with Gasteiger partial charge in [0.05, 0.1) is 17.0 Å². The van der Waals surface area contributed by atoms with Crippen LogP contribution >= 0.6 is 0 Å². The summed E-state index contributed by atoms with van der Waals surface area (Å²) in [6, 6.07) is 20.0. The second-order valence-electron chi connectivity index (χ2n) is 10.6. The second-order valence-corrected chi connectivity index (χ2v) is 10.6. The van der Waals surface area contributed by atoms with Crippen LogP contribution in [0.15, 0.2) is 66.7 Å². The first-order valence-corrected chi connectivity index (χ1v) is 12.2. The summed E-state index contributed by atoms with van der Waals surface area (Å²) in [7, 11) is 4.04. The molecule has 0 unspecified atom stereocenters. The number of carbonyl (C=O) groups excluding carboxylic acids is 2. The number of anilines is 2. The van der Waals surface area contributed by atoms with E-state index >= 15 is 0 Å². The van der Waals surface area contributed by atoms with E-state index in [1.807, 2.05) is 83.4 Å². The normalized spacial score (nSPS) is 14.3. The molecule has 0 aliphatic carbocycles. The molecule has 0 atom stereocenters. The molecule has 6 nitrogen and oxygen atoms in total. The van der Waals surface area contributed by atoms with Crippen molar-refractivity contribution in [3.63, 3.8) is 0 Å². The van der Waals surface area contributed by atoms with Crippen molar-refractivity contribution in [2.45, 2.75) is 33.9 Å². The number of benzene rings is 3. The third-order valence-corrected chi connectivity index (χ3v) is 6.05. The first kappa shape index (κ1) is 26.1. The van der Waals surface area contributed by atoms with Crippen LogP contribution in [-0.4, -0.2) is 30.8 Å². The summed E-state index contributed by atoms with van der Waals surface area (Å²) in [4.78, 5) is 27.6. The minimum Gasteiger partial charge on any atom is -0.354 e. The Morgan fingerprint density at radius 1 is 0.973 bits per heavy atom. The predicted molar refractivity (Wildman–Crippen MR) is 147 cm³/mol. The minimum atomic E-state index is -0.494. The maximum Gasteiger partial charge on any atom is 0.258 e. The Morgan fingerprint density at radius 2 is 1.70 bits per heavy atom. The van der Waals surface area contributed by atoms with Crippen molar-refractivity contribution in [2.24, 2.45) is 5.41 Å². The molecule has 3 N–H and O–H groups in total. The van der Waals surface area contributed by atoms with Gasteiger partial charge in [0.1, 0.15) is 5.82 Å². The van der Waals surface area contributed by atoms with Gasteiger partial charge < -0.3 is 20.9 Å². The molecular formula is C30H33FN4O2. The summed E-state index contributed by atoms with van der Waals surface area (Å²) < 4.78 is 13.9. The number of carbonyl (C=O) groups is 2. The van der Waals surface area contributed by atoms with Gasteiger partial charge in [0.2, 0.25) is 5.91 Å². The van der Waals surface area contributed by atoms with Crippen molar-refractivity contribution in [1.82, 2.24) is 10.2 Å². The number of amides is 2. The van der Waals surface area contributed by atoms with Crippen LogP contribution < -0.4 is 16.0 Å². The van der Waals surface area contributed by atoms with E-state index < -0.39 is 11.2 Å². The topological polar surface area (TPSA) is 73.5 Å². The Morgan fingerprint density at radius 3 is 2.38 bits per heavy atom. The lowest BCUT2D eigenvalue weighted by molar-refractivity contribution is -0.128. The van der Waals surface area contributed by atoms with Crippen LogP contribution in [0.25, 0.3) is 11.3 Å². The molecule has 4 rings (SSSR count). The standard InChI is InChI=1S/C30H33FN4O2/c1-30(2,3)29(37)32-17-20-7-6-8-21(15-20)27(33-23-12-9-19(10-13-23)18-35(4)5)26-24-14-11-22(31)16-25(24)34-28(26)36/h6-16,33H,17-18H2,1-5H3,(H,32,37)(H,34,36)/b27-26-. The number of halogens is 1. The van der Waals surface area contributed by atoms with Crippen LogP contribution in [0.1, 0.15) is 43.0 Å². The monoisotopic (exact) mass is 500 g/mol. The van der Waals surface area contributed by atoms with Crippen molar-refractivity contribution < 1.29 is 14.0 Å². The molecule has 7 heteroatoms. The number of nitrogens with one attached hydrogen (secondary N) is 3. The van der Waals surface area contributed by atoms with Gasteiger partial charge in [0.25, 0.3) is 5.91 Å². The smallest absolute Gasteiger partial charge is 0.258 e. The van der Waals surface area contributed by atoms with Crippen LogP contribution in [0.5, 0.6) is 0 Å². The van der Waals surface area contributed by atoms with E-state index in [0.717, 1.165) is 23.4 Å². The van der Waals surface area contributed by atoms with Gasteiger partial charge in [-0.05, 0) is 67.2 Å². The molecule has 1 heterocycles. The summed E-state index contributed by atoms with van der Waals surface area (Å²) >= 11 is 0. The first-order valence-electron chi connectivity index (χ1n) is 12.2. The Hall–Kier alpha value is -3.97. The largest absolute Gasteiger partial charge is 0.354 e. The number of rotatable bonds is 7. The lowest BCUT2D eigenvalue weighted by atomic mass is 9.95. The van der Waals surface area contributed by atoms with Gasteiger partial charge in [-0.3, -0.25) is 9.59 Å². The maximum atomic E-state index is 13.9. The van der Waals surface area contributed by atoms with Crippen molar-refractivity contribution in [1.29, 1.82) is 0 Å². The maximum absolute atomic E-state index is 13.9. The van der Waals surface area contributed by atoms with Crippen LogP contribution in [-0.2, 0) is 22.7 Å². The Bertz CT molecular complexity index is 1350. The average Bonchev–Trinajstić information content (AvgIpc) is 3.15. The molecule has 0 aromatic heterocycles. The molecule has 37 heavy (non-hydrogen) atoms.